The minimum Gasteiger partial charge on any atom is -2.00 e. The van der Waals surface area contributed by atoms with Crippen molar-refractivity contribution in [2.75, 3.05) is 0 Å². The molecular formula is C2H2O10Pb5. The van der Waals surface area contributed by atoms with E-state index in [9.17, 15) is 0 Å². The number of hydrogen-bond acceptors (Lipinski definition) is 8. The van der Waals surface area contributed by atoms with E-state index in [0.717, 1.165) is 0 Å². The SMILES string of the molecule is O=C([O-])[O-].O=C([O-])[O-].[O-2].[O-2].[OH-].[OH-].[Pb+2].[Pb+2].[Pb+2].[Pb+2].[Pb+2]. The summed E-state index contributed by atoms with van der Waals surface area (Å²) < 4.78 is 0. The molecule has 0 saturated heterocycles. The summed E-state index contributed by atoms with van der Waals surface area (Å²) >= 11 is 0. The van der Waals surface area contributed by atoms with Crippen LogP contribution in [0.3, 0.4) is 0 Å². The van der Waals surface area contributed by atoms with Gasteiger partial charge in [-0.1, -0.05) is 0 Å². The van der Waals surface area contributed by atoms with Gasteiger partial charge in [0.15, 0.2) is 0 Å². The van der Waals surface area contributed by atoms with Gasteiger partial charge in [0.2, 0.25) is 0 Å². The van der Waals surface area contributed by atoms with Crippen molar-refractivity contribution >= 4 is 149 Å². The van der Waals surface area contributed by atoms with Crippen LogP contribution in [0.15, 0.2) is 0 Å². The molecule has 0 aliphatic carbocycles. The molecule has 0 aromatic heterocycles. The molecule has 0 spiro atoms. The van der Waals surface area contributed by atoms with Crippen molar-refractivity contribution in [1.29, 1.82) is 0 Å². The summed E-state index contributed by atoms with van der Waals surface area (Å²) in [6.07, 6.45) is -4.67. The Balaban J connectivity index is -0.00000000308. The molecule has 2 N–H and O–H groups in total. The topological polar surface area (TPSA) is 243 Å². The van der Waals surface area contributed by atoms with Gasteiger partial charge in [-0.2, -0.15) is 0 Å². The Hall–Kier alpha value is 2.99. The van der Waals surface area contributed by atoms with E-state index in [2.05, 4.69) is 0 Å². The van der Waals surface area contributed by atoms with E-state index in [1.165, 1.54) is 0 Å². The fourth-order valence-electron chi connectivity index (χ4n) is 0. The molecule has 0 unspecified atom stereocenters. The molecule has 0 aliphatic rings. The van der Waals surface area contributed by atoms with Crippen LogP contribution in [-0.2, 0) is 11.0 Å². The van der Waals surface area contributed by atoms with Gasteiger partial charge in [-0.05, 0) is 12.3 Å². The Morgan fingerprint density at radius 2 is 0.529 bits per heavy atom. The fourth-order valence-corrected chi connectivity index (χ4v) is 0. The maximum Gasteiger partial charge on any atom is 2.00 e. The fraction of sp³-hybridized carbons (Fsp3) is 0. The third-order valence-corrected chi connectivity index (χ3v) is 0. The molecule has 0 amide bonds. The number of carbonyl (C=O) groups is 2. The molecule has 0 aromatic carbocycles. The molecule has 0 atom stereocenters. The number of carbonyl (C=O) groups excluding carboxylic acids is 2. The number of rotatable bonds is 0. The second-order valence-electron chi connectivity index (χ2n) is 0.500. The third kappa shape index (κ3) is 613. The molecule has 0 aliphatic heterocycles. The summed E-state index contributed by atoms with van der Waals surface area (Å²) in [6, 6.07) is 0. The van der Waals surface area contributed by atoms with Gasteiger partial charge in [0.1, 0.15) is 0 Å². The predicted molar refractivity (Wildman–Crippen MR) is 44.8 cm³/mol. The van der Waals surface area contributed by atoms with Crippen LogP contribution in [0.2, 0.25) is 0 Å². The molecule has 0 fully saturated rings. The van der Waals surface area contributed by atoms with Crippen LogP contribution in [0.4, 0.5) is 9.59 Å². The van der Waals surface area contributed by atoms with E-state index in [0.29, 0.717) is 0 Å². The zero-order valence-electron chi connectivity index (χ0n) is 7.66. The van der Waals surface area contributed by atoms with Gasteiger partial charge < -0.3 is 51.9 Å². The quantitative estimate of drug-likeness (QED) is 0.211. The molecular weight excluding hydrogens is 1220 g/mol. The Morgan fingerprint density at radius 1 is 0.529 bits per heavy atom. The second-order valence-corrected chi connectivity index (χ2v) is 0.500. The van der Waals surface area contributed by atoms with Gasteiger partial charge in [0, 0.05) is 0 Å². The molecule has 0 bridgehead atoms. The van der Waals surface area contributed by atoms with Crippen molar-refractivity contribution in [3.05, 3.63) is 0 Å². The third-order valence-electron chi connectivity index (χ3n) is 0. The van der Waals surface area contributed by atoms with Crippen LogP contribution in [-0.4, -0.2) is 160 Å². The van der Waals surface area contributed by atoms with Crippen LogP contribution < -0.4 is 20.4 Å². The van der Waals surface area contributed by atoms with Crippen molar-refractivity contribution in [1.82, 2.24) is 0 Å². The predicted octanol–water partition coefficient (Wildman–Crippen LogP) is -7.39. The first-order chi connectivity index (χ1) is 3.46. The molecule has 15 heteroatoms. The minimum atomic E-state index is -2.33. The molecule has 90 valence electrons. The van der Waals surface area contributed by atoms with E-state index in [-0.39, 0.29) is 158 Å². The van der Waals surface area contributed by atoms with Crippen LogP contribution in [0.5, 0.6) is 0 Å². The monoisotopic (exact) mass is 1230 g/mol. The first kappa shape index (κ1) is 89.2. The van der Waals surface area contributed by atoms with Crippen molar-refractivity contribution in [3.8, 4) is 0 Å². The Labute approximate surface area is 197 Å². The molecule has 17 heavy (non-hydrogen) atoms. The number of hydrogen-bond donors (Lipinski definition) is 0. The van der Waals surface area contributed by atoms with Crippen LogP contribution in [0.1, 0.15) is 0 Å². The molecule has 0 heterocycles. The summed E-state index contributed by atoms with van der Waals surface area (Å²) in [5, 5.41) is 33.3. The summed E-state index contributed by atoms with van der Waals surface area (Å²) in [5.41, 5.74) is 0. The van der Waals surface area contributed by atoms with Gasteiger partial charge >= 0.3 is 136 Å². The van der Waals surface area contributed by atoms with E-state index in [4.69, 9.17) is 30.0 Å². The molecule has 0 rings (SSSR count). The average Bonchev–Trinajstić information content (AvgIpc) is 1.25. The van der Waals surface area contributed by atoms with E-state index < -0.39 is 12.3 Å². The van der Waals surface area contributed by atoms with Crippen molar-refractivity contribution in [3.63, 3.8) is 0 Å². The first-order valence-electron chi connectivity index (χ1n) is 1.22. The van der Waals surface area contributed by atoms with Crippen LogP contribution in [0, 0.1) is 0 Å². The van der Waals surface area contributed by atoms with Gasteiger partial charge in [0.05, 0.1) is 0 Å². The Morgan fingerprint density at radius 3 is 0.529 bits per heavy atom. The zero-order valence-corrected chi connectivity index (χ0v) is 27.1. The maximum atomic E-state index is 8.33. The molecule has 0 saturated carbocycles. The Bertz CT molecular complexity index is 80.7. The summed E-state index contributed by atoms with van der Waals surface area (Å²) in [6.45, 7) is 0. The molecule has 0 aromatic rings. The average molecular weight is 1220 g/mol. The number of carboxylic acid groups (broad SMARTS) is 4. The van der Waals surface area contributed by atoms with Gasteiger partial charge in [0.25, 0.3) is 0 Å². The van der Waals surface area contributed by atoms with Crippen molar-refractivity contribution < 1.29 is 51.9 Å². The maximum absolute atomic E-state index is 8.33. The van der Waals surface area contributed by atoms with Gasteiger partial charge in [-0.15, -0.1) is 0 Å². The normalized spacial score (nSPS) is 2.82. The van der Waals surface area contributed by atoms with Gasteiger partial charge in [-0.25, -0.2) is 0 Å². The smallest absolute Gasteiger partial charge is 2.00 e. The minimum absolute atomic E-state index is 0. The van der Waals surface area contributed by atoms with Gasteiger partial charge in [-0.3, -0.25) is 0 Å². The molecule has 10 nitrogen and oxygen atoms in total. The zero-order chi connectivity index (χ0) is 7.15. The van der Waals surface area contributed by atoms with E-state index in [1.807, 2.05) is 0 Å². The van der Waals surface area contributed by atoms with Crippen LogP contribution >= 0.6 is 0 Å². The van der Waals surface area contributed by atoms with Crippen molar-refractivity contribution in [2.45, 2.75) is 0 Å². The summed E-state index contributed by atoms with van der Waals surface area (Å²) in [5.74, 6) is 0. The van der Waals surface area contributed by atoms with Crippen LogP contribution in [0.25, 0.3) is 0 Å². The van der Waals surface area contributed by atoms with E-state index in [1.54, 1.807) is 0 Å². The Kier molecular flexibility index (Phi) is 399. The van der Waals surface area contributed by atoms with E-state index >= 15 is 0 Å². The largest absolute Gasteiger partial charge is 2.00 e. The van der Waals surface area contributed by atoms with Crippen molar-refractivity contribution in [2.24, 2.45) is 0 Å². The second kappa shape index (κ2) is 76.0. The molecule has 10 radical (unpaired) electrons. The summed E-state index contributed by atoms with van der Waals surface area (Å²) in [4.78, 5) is 16.7. The standard InChI is InChI=1S/2CH2O3.2H2O.2O.5Pb/c2*2-1(3)4;;;;;;;;;/h2*(H2,2,3,4);2*1H2;;;;;;;/q;;;;2*-2;5*+2/p-6. The summed E-state index contributed by atoms with van der Waals surface area (Å²) in [7, 11) is 0. The first-order valence-corrected chi connectivity index (χ1v) is 1.22.